The van der Waals surface area contributed by atoms with Crippen LogP contribution in [0.5, 0.6) is 0 Å². The topological polar surface area (TPSA) is 15.3 Å². The van der Waals surface area contributed by atoms with Crippen LogP contribution in [0.3, 0.4) is 0 Å². The molecule has 0 spiro atoms. The summed E-state index contributed by atoms with van der Waals surface area (Å²) in [5.74, 6) is 0.742. The first kappa shape index (κ1) is 15.3. The lowest BCUT2D eigenvalue weighted by Gasteiger charge is -2.53. The molecule has 1 aliphatic carbocycles. The zero-order chi connectivity index (χ0) is 14.3. The highest BCUT2D eigenvalue weighted by Gasteiger charge is 2.44. The zero-order valence-electron chi connectivity index (χ0n) is 13.9. The zero-order valence-corrected chi connectivity index (χ0v) is 13.9. The lowest BCUT2D eigenvalue weighted by atomic mass is 9.81. The SMILES string of the molecule is CC(C)C1CNC(C(C)(C)C)CN1C1(C)CCCC1. The normalized spacial score (nSPS) is 33.0. The monoisotopic (exact) mass is 266 g/mol. The minimum Gasteiger partial charge on any atom is -0.311 e. The van der Waals surface area contributed by atoms with Crippen LogP contribution in [0.25, 0.3) is 0 Å². The molecule has 2 rings (SSSR count). The highest BCUT2D eigenvalue weighted by molar-refractivity contribution is 5.01. The summed E-state index contributed by atoms with van der Waals surface area (Å²) in [6.07, 6.45) is 5.64. The predicted molar refractivity (Wildman–Crippen MR) is 83.5 cm³/mol. The van der Waals surface area contributed by atoms with E-state index in [1.165, 1.54) is 32.2 Å². The van der Waals surface area contributed by atoms with E-state index in [0.29, 0.717) is 23.0 Å². The molecule has 0 aromatic rings. The van der Waals surface area contributed by atoms with Crippen molar-refractivity contribution >= 4 is 0 Å². The molecule has 2 heteroatoms. The van der Waals surface area contributed by atoms with E-state index in [1.807, 2.05) is 0 Å². The van der Waals surface area contributed by atoms with Gasteiger partial charge in [0.1, 0.15) is 0 Å². The Bertz CT molecular complexity index is 297. The summed E-state index contributed by atoms with van der Waals surface area (Å²) in [6.45, 7) is 16.8. The van der Waals surface area contributed by atoms with Gasteiger partial charge in [-0.1, -0.05) is 47.5 Å². The van der Waals surface area contributed by atoms with Crippen LogP contribution in [0.2, 0.25) is 0 Å². The van der Waals surface area contributed by atoms with Crippen LogP contribution in [0.1, 0.15) is 67.2 Å². The Kier molecular flexibility index (Phi) is 4.32. The summed E-state index contributed by atoms with van der Waals surface area (Å²) in [5, 5.41) is 3.82. The smallest absolute Gasteiger partial charge is 0.0249 e. The Labute approximate surface area is 120 Å². The maximum atomic E-state index is 3.82. The first-order valence-corrected chi connectivity index (χ1v) is 8.24. The van der Waals surface area contributed by atoms with E-state index in [2.05, 4.69) is 51.8 Å². The van der Waals surface area contributed by atoms with E-state index in [0.717, 1.165) is 12.5 Å². The summed E-state index contributed by atoms with van der Waals surface area (Å²) >= 11 is 0. The van der Waals surface area contributed by atoms with Crippen molar-refractivity contribution in [1.29, 1.82) is 0 Å². The van der Waals surface area contributed by atoms with Crippen molar-refractivity contribution in [1.82, 2.24) is 10.2 Å². The van der Waals surface area contributed by atoms with Gasteiger partial charge in [-0.05, 0) is 31.1 Å². The number of nitrogens with zero attached hydrogens (tertiary/aromatic N) is 1. The Hall–Kier alpha value is -0.0800. The molecule has 0 amide bonds. The van der Waals surface area contributed by atoms with Crippen LogP contribution in [-0.4, -0.2) is 35.6 Å². The molecular formula is C17H34N2. The fourth-order valence-electron chi connectivity index (χ4n) is 3.99. The summed E-state index contributed by atoms with van der Waals surface area (Å²) in [7, 11) is 0. The fourth-order valence-corrected chi connectivity index (χ4v) is 3.99. The van der Waals surface area contributed by atoms with Crippen molar-refractivity contribution in [3.05, 3.63) is 0 Å². The van der Waals surface area contributed by atoms with Crippen molar-refractivity contribution in [3.63, 3.8) is 0 Å². The summed E-state index contributed by atoms with van der Waals surface area (Å²) in [4.78, 5) is 2.87. The molecule has 1 aliphatic heterocycles. The second-order valence-electron chi connectivity index (χ2n) is 8.49. The molecule has 19 heavy (non-hydrogen) atoms. The lowest BCUT2D eigenvalue weighted by molar-refractivity contribution is -0.0147. The average Bonchev–Trinajstić information content (AvgIpc) is 2.75. The molecule has 0 aromatic heterocycles. The van der Waals surface area contributed by atoms with Crippen LogP contribution < -0.4 is 5.32 Å². The van der Waals surface area contributed by atoms with Crippen LogP contribution in [0.4, 0.5) is 0 Å². The van der Waals surface area contributed by atoms with Gasteiger partial charge < -0.3 is 5.32 Å². The van der Waals surface area contributed by atoms with Gasteiger partial charge in [-0.15, -0.1) is 0 Å². The van der Waals surface area contributed by atoms with Gasteiger partial charge in [-0.25, -0.2) is 0 Å². The molecule has 2 unspecified atom stereocenters. The maximum Gasteiger partial charge on any atom is 0.0249 e. The molecule has 112 valence electrons. The molecule has 1 saturated carbocycles. The summed E-state index contributed by atoms with van der Waals surface area (Å²) < 4.78 is 0. The van der Waals surface area contributed by atoms with Gasteiger partial charge in [0.2, 0.25) is 0 Å². The molecule has 2 fully saturated rings. The van der Waals surface area contributed by atoms with Crippen LogP contribution in [-0.2, 0) is 0 Å². The maximum absolute atomic E-state index is 3.82. The molecule has 1 N–H and O–H groups in total. The van der Waals surface area contributed by atoms with E-state index in [9.17, 15) is 0 Å². The van der Waals surface area contributed by atoms with Gasteiger partial charge >= 0.3 is 0 Å². The first-order valence-electron chi connectivity index (χ1n) is 8.24. The number of hydrogen-bond acceptors (Lipinski definition) is 2. The second kappa shape index (κ2) is 5.37. The predicted octanol–water partition coefficient (Wildman–Crippen LogP) is 3.66. The van der Waals surface area contributed by atoms with Gasteiger partial charge in [0.05, 0.1) is 0 Å². The Morgan fingerprint density at radius 2 is 1.74 bits per heavy atom. The largest absolute Gasteiger partial charge is 0.311 e. The second-order valence-corrected chi connectivity index (χ2v) is 8.49. The molecule has 0 bridgehead atoms. The third kappa shape index (κ3) is 3.16. The van der Waals surface area contributed by atoms with Crippen molar-refractivity contribution in [2.24, 2.45) is 11.3 Å². The Morgan fingerprint density at radius 1 is 1.16 bits per heavy atom. The first-order chi connectivity index (χ1) is 8.74. The van der Waals surface area contributed by atoms with Crippen LogP contribution >= 0.6 is 0 Å². The van der Waals surface area contributed by atoms with E-state index in [1.54, 1.807) is 0 Å². The van der Waals surface area contributed by atoms with Gasteiger partial charge in [0.15, 0.2) is 0 Å². The quantitative estimate of drug-likeness (QED) is 0.820. The molecule has 2 nitrogen and oxygen atoms in total. The van der Waals surface area contributed by atoms with Gasteiger partial charge in [0.25, 0.3) is 0 Å². The molecule has 1 saturated heterocycles. The van der Waals surface area contributed by atoms with Gasteiger partial charge in [-0.2, -0.15) is 0 Å². The third-order valence-electron chi connectivity index (χ3n) is 5.54. The standard InChI is InChI=1S/C17H34N2/c1-13(2)14-11-18-15(16(3,4)5)12-19(14)17(6)9-7-8-10-17/h13-15,18H,7-12H2,1-6H3. The number of nitrogens with one attached hydrogen (secondary N) is 1. The molecular weight excluding hydrogens is 232 g/mol. The average molecular weight is 266 g/mol. The molecule has 2 aliphatic rings. The number of piperazine rings is 1. The van der Waals surface area contributed by atoms with Crippen LogP contribution in [0.15, 0.2) is 0 Å². The van der Waals surface area contributed by atoms with Crippen LogP contribution in [0, 0.1) is 11.3 Å². The highest BCUT2D eigenvalue weighted by atomic mass is 15.3. The van der Waals surface area contributed by atoms with Crippen molar-refractivity contribution in [3.8, 4) is 0 Å². The highest BCUT2D eigenvalue weighted by Crippen LogP contribution is 2.39. The lowest BCUT2D eigenvalue weighted by Crippen LogP contribution is -2.66. The Balaban J connectivity index is 2.18. The van der Waals surface area contributed by atoms with E-state index < -0.39 is 0 Å². The van der Waals surface area contributed by atoms with Gasteiger partial charge in [-0.3, -0.25) is 4.90 Å². The molecule has 1 heterocycles. The van der Waals surface area contributed by atoms with Crippen molar-refractivity contribution in [2.45, 2.75) is 84.8 Å². The van der Waals surface area contributed by atoms with E-state index in [4.69, 9.17) is 0 Å². The number of rotatable bonds is 2. The third-order valence-corrected chi connectivity index (χ3v) is 5.54. The molecule has 2 atom stereocenters. The fraction of sp³-hybridized carbons (Fsp3) is 1.00. The Morgan fingerprint density at radius 3 is 2.21 bits per heavy atom. The van der Waals surface area contributed by atoms with Crippen molar-refractivity contribution < 1.29 is 0 Å². The molecule has 0 aromatic carbocycles. The minimum atomic E-state index is 0.356. The van der Waals surface area contributed by atoms with Crippen molar-refractivity contribution in [2.75, 3.05) is 13.1 Å². The summed E-state index contributed by atoms with van der Waals surface area (Å²) in [5.41, 5.74) is 0.815. The summed E-state index contributed by atoms with van der Waals surface area (Å²) in [6, 6.07) is 1.33. The van der Waals surface area contributed by atoms with E-state index >= 15 is 0 Å². The molecule has 0 radical (unpaired) electrons. The van der Waals surface area contributed by atoms with Gasteiger partial charge in [0, 0.05) is 30.7 Å². The van der Waals surface area contributed by atoms with E-state index in [-0.39, 0.29) is 0 Å². The number of hydrogen-bond donors (Lipinski definition) is 1. The minimum absolute atomic E-state index is 0.356.